The average molecular weight is 195 g/mol. The minimum absolute atomic E-state index is 0.640. The molecule has 1 heterocycles. The molecule has 1 aromatic heterocycles. The van der Waals surface area contributed by atoms with E-state index >= 15 is 0 Å². The lowest BCUT2D eigenvalue weighted by Crippen LogP contribution is -2.05. The van der Waals surface area contributed by atoms with Crippen LogP contribution in [-0.4, -0.2) is 18.6 Å². The SMILES string of the molecule is CNCCC#Cc1ccc(Cl)cn1. The Morgan fingerprint density at radius 2 is 2.38 bits per heavy atom. The molecule has 0 bridgehead atoms. The van der Waals surface area contributed by atoms with E-state index in [9.17, 15) is 0 Å². The lowest BCUT2D eigenvalue weighted by Gasteiger charge is -1.90. The summed E-state index contributed by atoms with van der Waals surface area (Å²) in [6.45, 7) is 0.903. The van der Waals surface area contributed by atoms with E-state index in [2.05, 4.69) is 22.1 Å². The highest BCUT2D eigenvalue weighted by Crippen LogP contribution is 2.04. The van der Waals surface area contributed by atoms with E-state index in [-0.39, 0.29) is 0 Å². The molecule has 0 atom stereocenters. The highest BCUT2D eigenvalue weighted by Gasteiger charge is 1.87. The summed E-state index contributed by atoms with van der Waals surface area (Å²) in [5.74, 6) is 5.95. The first-order chi connectivity index (χ1) is 6.33. The number of halogens is 1. The molecule has 0 amide bonds. The van der Waals surface area contributed by atoms with Crippen molar-refractivity contribution in [3.8, 4) is 11.8 Å². The number of aromatic nitrogens is 1. The van der Waals surface area contributed by atoms with Gasteiger partial charge in [-0.25, -0.2) is 4.98 Å². The summed E-state index contributed by atoms with van der Waals surface area (Å²) in [5.41, 5.74) is 0.764. The Bertz CT molecular complexity index is 308. The normalized spacial score (nSPS) is 9.08. The summed E-state index contributed by atoms with van der Waals surface area (Å²) >= 11 is 5.67. The molecule has 13 heavy (non-hydrogen) atoms. The van der Waals surface area contributed by atoms with Gasteiger partial charge in [0.05, 0.1) is 5.02 Å². The van der Waals surface area contributed by atoms with Gasteiger partial charge in [-0.3, -0.25) is 0 Å². The van der Waals surface area contributed by atoms with Gasteiger partial charge in [0, 0.05) is 19.2 Å². The van der Waals surface area contributed by atoms with Gasteiger partial charge in [0.2, 0.25) is 0 Å². The van der Waals surface area contributed by atoms with Crippen molar-refractivity contribution in [3.63, 3.8) is 0 Å². The van der Waals surface area contributed by atoms with E-state index in [1.165, 1.54) is 0 Å². The molecule has 0 radical (unpaired) electrons. The van der Waals surface area contributed by atoms with E-state index < -0.39 is 0 Å². The number of rotatable bonds is 2. The molecule has 0 unspecified atom stereocenters. The van der Waals surface area contributed by atoms with Gasteiger partial charge in [-0.15, -0.1) is 0 Å². The van der Waals surface area contributed by atoms with Gasteiger partial charge in [0.1, 0.15) is 5.69 Å². The molecule has 1 N–H and O–H groups in total. The van der Waals surface area contributed by atoms with Gasteiger partial charge >= 0.3 is 0 Å². The Morgan fingerprint density at radius 1 is 1.54 bits per heavy atom. The monoisotopic (exact) mass is 194 g/mol. The molecule has 0 aliphatic heterocycles. The Kier molecular flexibility index (Phi) is 4.31. The smallest absolute Gasteiger partial charge is 0.113 e. The van der Waals surface area contributed by atoms with Crippen LogP contribution in [0, 0.1) is 11.8 Å². The van der Waals surface area contributed by atoms with Crippen molar-refractivity contribution >= 4 is 11.6 Å². The van der Waals surface area contributed by atoms with Crippen LogP contribution >= 0.6 is 11.6 Å². The van der Waals surface area contributed by atoms with E-state index in [0.29, 0.717) is 5.02 Å². The maximum atomic E-state index is 5.67. The van der Waals surface area contributed by atoms with Crippen LogP contribution in [0.3, 0.4) is 0 Å². The van der Waals surface area contributed by atoms with E-state index in [0.717, 1.165) is 18.7 Å². The second-order valence-corrected chi connectivity index (χ2v) is 2.95. The summed E-state index contributed by atoms with van der Waals surface area (Å²) in [6.07, 6.45) is 2.43. The first-order valence-corrected chi connectivity index (χ1v) is 4.46. The predicted octanol–water partition coefficient (Wildman–Crippen LogP) is 1.70. The lowest BCUT2D eigenvalue weighted by atomic mass is 10.3. The minimum atomic E-state index is 0.640. The van der Waals surface area contributed by atoms with Crippen LogP contribution < -0.4 is 5.32 Å². The van der Waals surface area contributed by atoms with E-state index in [4.69, 9.17) is 11.6 Å². The third-order valence-electron chi connectivity index (χ3n) is 1.44. The third-order valence-corrected chi connectivity index (χ3v) is 1.67. The molecule has 1 aromatic rings. The molecule has 68 valence electrons. The van der Waals surface area contributed by atoms with Crippen LogP contribution in [0.25, 0.3) is 0 Å². The largest absolute Gasteiger partial charge is 0.319 e. The Labute approximate surface area is 83.3 Å². The van der Waals surface area contributed by atoms with Crippen LogP contribution in [0.2, 0.25) is 5.02 Å². The van der Waals surface area contributed by atoms with Crippen LogP contribution in [0.1, 0.15) is 12.1 Å². The second-order valence-electron chi connectivity index (χ2n) is 2.52. The van der Waals surface area contributed by atoms with Crippen molar-refractivity contribution in [2.45, 2.75) is 6.42 Å². The standard InChI is InChI=1S/C10H11ClN2/c1-12-7-3-2-4-10-6-5-9(11)8-13-10/h5-6,8,12H,3,7H2,1H3. The maximum Gasteiger partial charge on any atom is 0.113 e. The predicted molar refractivity (Wildman–Crippen MR) is 54.7 cm³/mol. The number of hydrogen-bond donors (Lipinski definition) is 1. The Hall–Kier alpha value is -1.04. The quantitative estimate of drug-likeness (QED) is 0.573. The Morgan fingerprint density at radius 3 is 3.00 bits per heavy atom. The highest BCUT2D eigenvalue weighted by atomic mass is 35.5. The molecule has 0 aliphatic carbocycles. The molecule has 2 nitrogen and oxygen atoms in total. The molecule has 0 spiro atoms. The zero-order valence-corrected chi connectivity index (χ0v) is 8.23. The fourth-order valence-electron chi connectivity index (χ4n) is 0.790. The van der Waals surface area contributed by atoms with Crippen molar-refractivity contribution in [2.24, 2.45) is 0 Å². The molecule has 0 saturated heterocycles. The van der Waals surface area contributed by atoms with Gasteiger partial charge in [0.15, 0.2) is 0 Å². The zero-order valence-electron chi connectivity index (χ0n) is 7.47. The van der Waals surface area contributed by atoms with Crippen LogP contribution in [-0.2, 0) is 0 Å². The highest BCUT2D eigenvalue weighted by molar-refractivity contribution is 6.30. The van der Waals surface area contributed by atoms with Crippen molar-refractivity contribution in [3.05, 3.63) is 29.0 Å². The molecular formula is C10H11ClN2. The van der Waals surface area contributed by atoms with Gasteiger partial charge in [-0.05, 0) is 25.1 Å². The van der Waals surface area contributed by atoms with Gasteiger partial charge in [-0.2, -0.15) is 0 Å². The van der Waals surface area contributed by atoms with Gasteiger partial charge in [-0.1, -0.05) is 17.5 Å². The maximum absolute atomic E-state index is 5.67. The molecule has 0 saturated carbocycles. The number of nitrogens with one attached hydrogen (secondary N) is 1. The van der Waals surface area contributed by atoms with E-state index in [1.54, 1.807) is 12.3 Å². The van der Waals surface area contributed by atoms with Crippen LogP contribution in [0.4, 0.5) is 0 Å². The van der Waals surface area contributed by atoms with Crippen molar-refractivity contribution in [1.82, 2.24) is 10.3 Å². The summed E-state index contributed by atoms with van der Waals surface area (Å²) in [7, 11) is 1.90. The number of pyridine rings is 1. The fraction of sp³-hybridized carbons (Fsp3) is 0.300. The number of hydrogen-bond acceptors (Lipinski definition) is 2. The minimum Gasteiger partial charge on any atom is -0.319 e. The molecule has 0 aromatic carbocycles. The van der Waals surface area contributed by atoms with Crippen LogP contribution in [0.5, 0.6) is 0 Å². The van der Waals surface area contributed by atoms with Gasteiger partial charge in [0.25, 0.3) is 0 Å². The molecular weight excluding hydrogens is 184 g/mol. The molecule has 1 rings (SSSR count). The third kappa shape index (κ3) is 3.93. The average Bonchev–Trinajstić information content (AvgIpc) is 2.15. The number of nitrogens with zero attached hydrogens (tertiary/aromatic N) is 1. The van der Waals surface area contributed by atoms with Crippen molar-refractivity contribution in [1.29, 1.82) is 0 Å². The van der Waals surface area contributed by atoms with Crippen molar-refractivity contribution in [2.75, 3.05) is 13.6 Å². The Balaban J connectivity index is 2.52. The summed E-state index contributed by atoms with van der Waals surface area (Å²) < 4.78 is 0. The molecule has 0 aliphatic rings. The summed E-state index contributed by atoms with van der Waals surface area (Å²) in [6, 6.07) is 3.60. The van der Waals surface area contributed by atoms with Gasteiger partial charge < -0.3 is 5.32 Å². The molecule has 0 fully saturated rings. The van der Waals surface area contributed by atoms with Crippen LogP contribution in [0.15, 0.2) is 18.3 Å². The van der Waals surface area contributed by atoms with Crippen molar-refractivity contribution < 1.29 is 0 Å². The first kappa shape index (κ1) is 10.0. The molecule has 3 heteroatoms. The summed E-state index contributed by atoms with van der Waals surface area (Å²) in [4.78, 5) is 4.05. The lowest BCUT2D eigenvalue weighted by molar-refractivity contribution is 0.818. The fourth-order valence-corrected chi connectivity index (χ4v) is 0.902. The first-order valence-electron chi connectivity index (χ1n) is 4.08. The zero-order chi connectivity index (χ0) is 9.52. The second kappa shape index (κ2) is 5.58. The topological polar surface area (TPSA) is 24.9 Å². The summed E-state index contributed by atoms with van der Waals surface area (Å²) in [5, 5.41) is 3.66. The van der Waals surface area contributed by atoms with E-state index in [1.807, 2.05) is 13.1 Å².